The molecule has 1 saturated carbocycles. The summed E-state index contributed by atoms with van der Waals surface area (Å²) in [4.78, 5) is 25.4. The molecule has 2 fully saturated rings. The first kappa shape index (κ1) is 21.0. The molecule has 10 heteroatoms. The maximum Gasteiger partial charge on any atom is 0.261 e. The van der Waals surface area contributed by atoms with Gasteiger partial charge in [-0.05, 0) is 36.6 Å². The smallest absolute Gasteiger partial charge is 0.261 e. The summed E-state index contributed by atoms with van der Waals surface area (Å²) < 4.78 is 24.6. The van der Waals surface area contributed by atoms with Crippen LogP contribution in [0.5, 0.6) is 0 Å². The third-order valence-corrected chi connectivity index (χ3v) is 7.54. The number of benzene rings is 1. The summed E-state index contributed by atoms with van der Waals surface area (Å²) >= 11 is 6.02. The van der Waals surface area contributed by atoms with Gasteiger partial charge >= 0.3 is 0 Å². The van der Waals surface area contributed by atoms with Gasteiger partial charge in [-0.3, -0.25) is 14.0 Å². The summed E-state index contributed by atoms with van der Waals surface area (Å²) in [5, 5.41) is 5.01. The zero-order valence-electron chi connectivity index (χ0n) is 19.0. The average molecular weight is 493 g/mol. The van der Waals surface area contributed by atoms with E-state index in [-0.39, 0.29) is 17.2 Å². The largest absolute Gasteiger partial charge is 0.370 e. The van der Waals surface area contributed by atoms with Crippen molar-refractivity contribution in [3.05, 3.63) is 69.2 Å². The van der Waals surface area contributed by atoms with Gasteiger partial charge in [-0.25, -0.2) is 14.4 Å². The predicted octanol–water partition coefficient (Wildman–Crippen LogP) is 3.68. The third kappa shape index (κ3) is 3.36. The van der Waals surface area contributed by atoms with Crippen LogP contribution in [0.15, 0.2) is 41.5 Å². The van der Waals surface area contributed by atoms with Crippen molar-refractivity contribution in [3.63, 3.8) is 0 Å². The fourth-order valence-electron chi connectivity index (χ4n) is 5.38. The second kappa shape index (κ2) is 7.60. The molecule has 0 N–H and O–H groups in total. The quantitative estimate of drug-likeness (QED) is 0.434. The van der Waals surface area contributed by atoms with Crippen LogP contribution in [0.4, 0.5) is 10.2 Å². The maximum atomic E-state index is 15.1. The van der Waals surface area contributed by atoms with Crippen molar-refractivity contribution in [1.29, 1.82) is 0 Å². The number of nitrogens with zero attached hydrogens (tertiary/aromatic N) is 6. The second-order valence-electron chi connectivity index (χ2n) is 9.59. The highest BCUT2D eigenvalue weighted by molar-refractivity contribution is 6.30. The van der Waals surface area contributed by atoms with Crippen molar-refractivity contribution in [2.24, 2.45) is 13.0 Å². The first-order valence-corrected chi connectivity index (χ1v) is 12.1. The first-order chi connectivity index (χ1) is 17.0. The topological polar surface area (TPSA) is 78.1 Å². The van der Waals surface area contributed by atoms with Gasteiger partial charge in [-0.1, -0.05) is 11.6 Å². The molecule has 35 heavy (non-hydrogen) atoms. The Kier molecular flexibility index (Phi) is 4.56. The normalized spacial score (nSPS) is 22.9. The molecule has 8 nitrogen and oxygen atoms in total. The van der Waals surface area contributed by atoms with E-state index in [1.165, 1.54) is 6.07 Å². The molecule has 3 aromatic heterocycles. The summed E-state index contributed by atoms with van der Waals surface area (Å²) in [7, 11) is 1.87. The van der Waals surface area contributed by atoms with Crippen molar-refractivity contribution in [2.75, 3.05) is 24.6 Å². The summed E-state index contributed by atoms with van der Waals surface area (Å²) in [6.45, 7) is 2.33. The predicted molar refractivity (Wildman–Crippen MR) is 129 cm³/mol. The van der Waals surface area contributed by atoms with Crippen LogP contribution in [-0.4, -0.2) is 44.0 Å². The van der Waals surface area contributed by atoms with E-state index < -0.39 is 5.82 Å². The number of rotatable bonds is 3. The Labute approximate surface area is 204 Å². The number of hydrogen-bond acceptors (Lipinski definition) is 6. The molecule has 0 radical (unpaired) electrons. The van der Waals surface area contributed by atoms with Crippen LogP contribution in [0.1, 0.15) is 29.8 Å². The fraction of sp³-hybridized carbons (Fsp3) is 0.360. The molecule has 178 valence electrons. The lowest BCUT2D eigenvalue weighted by Crippen LogP contribution is -2.39. The molecule has 1 aliphatic carbocycles. The molecule has 3 aliphatic rings. The van der Waals surface area contributed by atoms with Crippen LogP contribution in [0.2, 0.25) is 5.02 Å². The summed E-state index contributed by atoms with van der Waals surface area (Å²) in [5.41, 5.74) is 1.96. The van der Waals surface area contributed by atoms with Crippen molar-refractivity contribution in [1.82, 2.24) is 24.3 Å². The Hall–Kier alpha value is -3.30. The van der Waals surface area contributed by atoms with E-state index in [2.05, 4.69) is 10.00 Å². The van der Waals surface area contributed by atoms with E-state index in [0.29, 0.717) is 65.5 Å². The molecule has 0 spiro atoms. The Morgan fingerprint density at radius 3 is 2.89 bits per heavy atom. The second-order valence-corrected chi connectivity index (χ2v) is 10.0. The van der Waals surface area contributed by atoms with Gasteiger partial charge in [-0.2, -0.15) is 5.10 Å². The molecule has 0 unspecified atom stereocenters. The fourth-order valence-corrected chi connectivity index (χ4v) is 5.54. The number of anilines is 1. The van der Waals surface area contributed by atoms with Crippen LogP contribution in [0, 0.1) is 11.7 Å². The van der Waals surface area contributed by atoms with Gasteiger partial charge in [-0.15, -0.1) is 0 Å². The molecule has 3 atom stereocenters. The van der Waals surface area contributed by atoms with Crippen molar-refractivity contribution < 1.29 is 9.13 Å². The molecule has 1 aromatic carbocycles. The van der Waals surface area contributed by atoms with Crippen molar-refractivity contribution >= 4 is 28.3 Å². The van der Waals surface area contributed by atoms with Crippen LogP contribution < -0.4 is 10.5 Å². The molecule has 1 saturated heterocycles. The minimum Gasteiger partial charge on any atom is -0.370 e. The zero-order chi connectivity index (χ0) is 23.8. The maximum absolute atomic E-state index is 15.1. The summed E-state index contributed by atoms with van der Waals surface area (Å²) in [6.07, 6.45) is 4.59. The van der Waals surface area contributed by atoms with E-state index in [4.69, 9.17) is 26.3 Å². The van der Waals surface area contributed by atoms with Gasteiger partial charge in [0.05, 0.1) is 18.2 Å². The minimum absolute atomic E-state index is 0.0893. The monoisotopic (exact) mass is 492 g/mol. The van der Waals surface area contributed by atoms with Gasteiger partial charge < -0.3 is 9.64 Å². The number of fused-ring (bicyclic) bond motifs is 4. The third-order valence-electron chi connectivity index (χ3n) is 7.30. The Bertz CT molecular complexity index is 1570. The van der Waals surface area contributed by atoms with Crippen LogP contribution in [-0.2, 0) is 18.3 Å². The number of aryl methyl sites for hydroxylation is 1. The van der Waals surface area contributed by atoms with Crippen LogP contribution in [0.25, 0.3) is 22.2 Å². The lowest BCUT2D eigenvalue weighted by atomic mass is 10.1. The van der Waals surface area contributed by atoms with Crippen molar-refractivity contribution in [3.8, 4) is 11.3 Å². The number of aromatic nitrogens is 5. The molecule has 5 heterocycles. The molecule has 4 aromatic rings. The Morgan fingerprint density at radius 2 is 2.09 bits per heavy atom. The lowest BCUT2D eigenvalue weighted by molar-refractivity contribution is 0.0395. The van der Waals surface area contributed by atoms with E-state index in [9.17, 15) is 4.79 Å². The van der Waals surface area contributed by atoms with Gasteiger partial charge in [0, 0.05) is 54.9 Å². The van der Waals surface area contributed by atoms with E-state index in [0.717, 1.165) is 17.8 Å². The highest BCUT2D eigenvalue weighted by Gasteiger charge is 2.47. The molecule has 0 amide bonds. The van der Waals surface area contributed by atoms with Gasteiger partial charge in [0.15, 0.2) is 0 Å². The van der Waals surface area contributed by atoms with Gasteiger partial charge in [0.2, 0.25) is 0 Å². The van der Waals surface area contributed by atoms with E-state index >= 15 is 4.39 Å². The number of ether oxygens (including phenoxy) is 1. The summed E-state index contributed by atoms with van der Waals surface area (Å²) in [5.74, 6) is 1.69. The molecule has 2 aliphatic heterocycles. The molecule has 7 rings (SSSR count). The zero-order valence-corrected chi connectivity index (χ0v) is 19.7. The van der Waals surface area contributed by atoms with Crippen molar-refractivity contribution in [2.45, 2.75) is 25.0 Å². The number of hydrogen-bond donors (Lipinski definition) is 0. The molecular weight excluding hydrogens is 471 g/mol. The standard InChI is InChI=1S/C25H22ClFN6O2/c1-31-10-14(9-28-31)20-12-32(4-5-35-20)21-8-18-23(22(29-21)16-3-2-15(26)7-19(16)27)30-24-17-6-13(17)11-33(24)25(18)34/h2-3,7-10,13,17,20H,4-6,11-12H2,1H3/t13-,17-,20+/m0/s1. The SMILES string of the molecule is Cn1cc([C@H]2CN(c3cc4c(=O)n5c(nc4c(-c4ccc(Cl)cc4F)n3)[C@H]3C[C@H]3C5)CCO2)cn1. The average Bonchev–Trinajstić information content (AvgIpc) is 3.33. The van der Waals surface area contributed by atoms with Crippen LogP contribution >= 0.6 is 11.6 Å². The lowest BCUT2D eigenvalue weighted by Gasteiger charge is -2.33. The Balaban J connectivity index is 1.40. The van der Waals surface area contributed by atoms with Gasteiger partial charge in [0.25, 0.3) is 5.56 Å². The highest BCUT2D eigenvalue weighted by Crippen LogP contribution is 2.52. The number of pyridine rings is 1. The Morgan fingerprint density at radius 1 is 1.20 bits per heavy atom. The van der Waals surface area contributed by atoms with E-state index in [1.54, 1.807) is 33.6 Å². The van der Waals surface area contributed by atoms with Gasteiger partial charge in [0.1, 0.15) is 34.8 Å². The first-order valence-electron chi connectivity index (χ1n) is 11.7. The molecular formula is C25H22ClFN6O2. The summed E-state index contributed by atoms with van der Waals surface area (Å²) in [6, 6.07) is 6.30. The van der Waals surface area contributed by atoms with Crippen LogP contribution in [0.3, 0.4) is 0 Å². The molecule has 0 bridgehead atoms. The van der Waals surface area contributed by atoms with E-state index in [1.807, 2.05) is 13.2 Å². The number of halogens is 2. The highest BCUT2D eigenvalue weighted by atomic mass is 35.5. The number of morpholine rings is 1. The minimum atomic E-state index is -0.495.